The van der Waals surface area contributed by atoms with Gasteiger partial charge < -0.3 is 13.3 Å². The summed E-state index contributed by atoms with van der Waals surface area (Å²) in [7, 11) is 0. The van der Waals surface area contributed by atoms with E-state index in [9.17, 15) is 10.2 Å². The van der Waals surface area contributed by atoms with Crippen molar-refractivity contribution in [2.75, 3.05) is 0 Å². The largest absolute Gasteiger partial charge is 0.393 e. The Morgan fingerprint density at radius 2 is 1.39 bits per heavy atom. The maximum Gasteiger partial charge on any atom is 0.110 e. The number of aliphatic hydroxyl groups is 2. The summed E-state index contributed by atoms with van der Waals surface area (Å²) < 4.78 is 5.33. The zero-order chi connectivity index (χ0) is 14.6. The predicted molar refractivity (Wildman–Crippen MR) is 83.7 cm³/mol. The fraction of sp³-hybridized carbons (Fsp3) is 1.00. The molecular weight excluding hydrogens is 343 g/mol. The summed E-state index contributed by atoms with van der Waals surface area (Å²) in [6.07, 6.45) is 0.529. The van der Waals surface area contributed by atoms with Crippen LogP contribution in [-0.2, 0) is 3.07 Å². The Hall–Kier alpha value is 0.610. The molecule has 3 nitrogen and oxygen atoms in total. The van der Waals surface area contributed by atoms with Crippen molar-refractivity contribution in [3.05, 3.63) is 0 Å². The Kier molecular flexibility index (Phi) is 7.66. The third-order valence-corrected chi connectivity index (χ3v) is 3.37. The lowest BCUT2D eigenvalue weighted by Gasteiger charge is -2.30. The molecule has 0 bridgehead atoms. The molecule has 0 radical (unpaired) electrons. The van der Waals surface area contributed by atoms with Crippen molar-refractivity contribution in [2.24, 2.45) is 10.8 Å². The highest BCUT2D eigenvalue weighted by atomic mass is 127. The average Bonchev–Trinajstić information content (AvgIpc) is 2.08. The molecule has 0 heterocycles. The van der Waals surface area contributed by atoms with E-state index in [0.29, 0.717) is 12.8 Å². The highest BCUT2D eigenvalue weighted by molar-refractivity contribution is 14.1. The van der Waals surface area contributed by atoms with E-state index in [-0.39, 0.29) is 16.9 Å². The van der Waals surface area contributed by atoms with E-state index >= 15 is 0 Å². The Bertz CT molecular complexity index is 230. The van der Waals surface area contributed by atoms with Gasteiger partial charge in [-0.25, -0.2) is 0 Å². The molecule has 0 aromatic rings. The van der Waals surface area contributed by atoms with Crippen molar-refractivity contribution in [3.8, 4) is 0 Å². The topological polar surface area (TPSA) is 49.7 Å². The van der Waals surface area contributed by atoms with Crippen LogP contribution >= 0.6 is 23.0 Å². The van der Waals surface area contributed by atoms with Crippen molar-refractivity contribution in [2.45, 2.75) is 79.1 Å². The van der Waals surface area contributed by atoms with Gasteiger partial charge in [0.1, 0.15) is 23.0 Å². The van der Waals surface area contributed by atoms with Crippen molar-refractivity contribution in [1.29, 1.82) is 0 Å². The second kappa shape index (κ2) is 7.41. The lowest BCUT2D eigenvalue weighted by Crippen LogP contribution is -2.34. The smallest absolute Gasteiger partial charge is 0.110 e. The molecule has 0 aliphatic heterocycles. The van der Waals surface area contributed by atoms with Crippen molar-refractivity contribution >= 4 is 23.0 Å². The molecule has 110 valence electrons. The molecule has 0 amide bonds. The first kappa shape index (κ1) is 18.6. The van der Waals surface area contributed by atoms with Crippen LogP contribution in [0, 0.1) is 10.8 Å². The first-order chi connectivity index (χ1) is 7.94. The molecule has 0 fully saturated rings. The Balaban J connectivity index is 4.31. The molecule has 3 atom stereocenters. The zero-order valence-corrected chi connectivity index (χ0v) is 14.7. The molecule has 0 saturated carbocycles. The van der Waals surface area contributed by atoms with Crippen LogP contribution in [0.4, 0.5) is 0 Å². The van der Waals surface area contributed by atoms with Crippen LogP contribution in [-0.4, -0.2) is 28.5 Å². The second-order valence-corrected chi connectivity index (χ2v) is 8.12. The minimum Gasteiger partial charge on any atom is -0.393 e. The van der Waals surface area contributed by atoms with Gasteiger partial charge in [0.2, 0.25) is 0 Å². The van der Waals surface area contributed by atoms with E-state index in [1.165, 1.54) is 0 Å². The first-order valence-electron chi connectivity index (χ1n) is 6.58. The van der Waals surface area contributed by atoms with Gasteiger partial charge in [0, 0.05) is 6.42 Å². The Labute approximate surface area is 126 Å². The normalized spacial score (nSPS) is 18.5. The minimum atomic E-state index is -0.613. The van der Waals surface area contributed by atoms with E-state index in [1.807, 2.05) is 23.0 Å². The van der Waals surface area contributed by atoms with E-state index in [1.54, 1.807) is 0 Å². The molecule has 0 rings (SSSR count). The van der Waals surface area contributed by atoms with Crippen molar-refractivity contribution in [3.63, 3.8) is 0 Å². The van der Waals surface area contributed by atoms with Gasteiger partial charge in [-0.3, -0.25) is 0 Å². The molecule has 0 aromatic carbocycles. The molecule has 0 saturated heterocycles. The third kappa shape index (κ3) is 9.53. The fourth-order valence-corrected chi connectivity index (χ4v) is 2.57. The van der Waals surface area contributed by atoms with Gasteiger partial charge >= 0.3 is 0 Å². The second-order valence-electron chi connectivity index (χ2n) is 7.61. The molecular formula is C14H29IO3. The van der Waals surface area contributed by atoms with Crippen LogP contribution in [0.5, 0.6) is 0 Å². The van der Waals surface area contributed by atoms with E-state index in [4.69, 9.17) is 3.07 Å². The van der Waals surface area contributed by atoms with Gasteiger partial charge in [-0.1, -0.05) is 41.5 Å². The monoisotopic (exact) mass is 372 g/mol. The SMILES string of the molecule is CC(C)(C)CC(OI)C(O)C[C@@H](O)CC(C)(C)C. The van der Waals surface area contributed by atoms with Gasteiger partial charge in [0.25, 0.3) is 0 Å². The summed E-state index contributed by atoms with van der Waals surface area (Å²) in [6.45, 7) is 12.6. The number of hydrogen-bond donors (Lipinski definition) is 2. The highest BCUT2D eigenvalue weighted by Crippen LogP contribution is 2.28. The van der Waals surface area contributed by atoms with Crippen LogP contribution in [0.2, 0.25) is 0 Å². The van der Waals surface area contributed by atoms with Crippen LogP contribution in [0.15, 0.2) is 0 Å². The number of hydrogen-bond acceptors (Lipinski definition) is 3. The highest BCUT2D eigenvalue weighted by Gasteiger charge is 2.28. The average molecular weight is 372 g/mol. The summed E-state index contributed by atoms with van der Waals surface area (Å²) >= 11 is 1.84. The number of aliphatic hydroxyl groups excluding tert-OH is 2. The molecule has 0 spiro atoms. The fourth-order valence-electron chi connectivity index (χ4n) is 2.05. The predicted octanol–water partition coefficient (Wildman–Crippen LogP) is 3.71. The lowest BCUT2D eigenvalue weighted by molar-refractivity contribution is -0.00685. The molecule has 0 aliphatic rings. The van der Waals surface area contributed by atoms with Gasteiger partial charge in [-0.15, -0.1) is 0 Å². The standard InChI is InChI=1S/C14H29IO3/c1-13(2,3)8-10(16)7-11(17)12(18-15)9-14(4,5)6/h10-12,16-17H,7-9H2,1-6H3/t10-,11?,12?/m1/s1. The third-order valence-electron chi connectivity index (χ3n) is 2.72. The van der Waals surface area contributed by atoms with Crippen molar-refractivity contribution in [1.82, 2.24) is 0 Å². The Morgan fingerprint density at radius 1 is 0.944 bits per heavy atom. The first-order valence-corrected chi connectivity index (χ1v) is 7.46. The van der Waals surface area contributed by atoms with E-state index < -0.39 is 12.2 Å². The molecule has 2 N–H and O–H groups in total. The summed E-state index contributed by atoms with van der Waals surface area (Å²) in [5, 5.41) is 20.1. The quantitative estimate of drug-likeness (QED) is 0.699. The summed E-state index contributed by atoms with van der Waals surface area (Å²) in [5.41, 5.74) is 0.176. The molecule has 2 unspecified atom stereocenters. The zero-order valence-electron chi connectivity index (χ0n) is 12.5. The lowest BCUT2D eigenvalue weighted by atomic mass is 9.84. The molecule has 0 aromatic heterocycles. The maximum atomic E-state index is 10.1. The van der Waals surface area contributed by atoms with Gasteiger partial charge in [0.05, 0.1) is 18.3 Å². The van der Waals surface area contributed by atoms with Crippen molar-refractivity contribution < 1.29 is 13.3 Å². The van der Waals surface area contributed by atoms with E-state index in [0.717, 1.165) is 6.42 Å². The molecule has 0 aliphatic carbocycles. The van der Waals surface area contributed by atoms with Crippen LogP contribution in [0.1, 0.15) is 60.8 Å². The van der Waals surface area contributed by atoms with Gasteiger partial charge in [0.15, 0.2) is 0 Å². The Morgan fingerprint density at radius 3 is 1.72 bits per heavy atom. The summed E-state index contributed by atoms with van der Waals surface area (Å²) in [6, 6.07) is 0. The summed E-state index contributed by atoms with van der Waals surface area (Å²) in [4.78, 5) is 0. The van der Waals surface area contributed by atoms with Crippen LogP contribution in [0.3, 0.4) is 0 Å². The van der Waals surface area contributed by atoms with Gasteiger partial charge in [-0.2, -0.15) is 0 Å². The van der Waals surface area contributed by atoms with Gasteiger partial charge in [-0.05, 0) is 23.7 Å². The number of rotatable bonds is 6. The minimum absolute atomic E-state index is 0.0733. The van der Waals surface area contributed by atoms with E-state index in [2.05, 4.69) is 41.5 Å². The molecule has 4 heteroatoms. The van der Waals surface area contributed by atoms with Crippen LogP contribution < -0.4 is 0 Å². The van der Waals surface area contributed by atoms with Crippen LogP contribution in [0.25, 0.3) is 0 Å². The number of halogens is 1. The summed E-state index contributed by atoms with van der Waals surface area (Å²) in [5.74, 6) is 0. The maximum absolute atomic E-state index is 10.1. The molecule has 18 heavy (non-hydrogen) atoms.